The highest BCUT2D eigenvalue weighted by Crippen LogP contribution is 2.28. The van der Waals surface area contributed by atoms with E-state index in [0.29, 0.717) is 0 Å². The second kappa shape index (κ2) is 9.94. The van der Waals surface area contributed by atoms with Gasteiger partial charge < -0.3 is 5.32 Å². The van der Waals surface area contributed by atoms with Crippen molar-refractivity contribution in [2.24, 2.45) is 5.92 Å². The molecule has 0 saturated heterocycles. The number of unbranched alkanes of at least 4 members (excludes halogenated alkanes) is 4. The van der Waals surface area contributed by atoms with Crippen molar-refractivity contribution in [3.8, 4) is 0 Å². The molecule has 1 nitrogen and oxygen atoms in total. The molecule has 0 spiro atoms. The Balaban J connectivity index is 2.05. The summed E-state index contributed by atoms with van der Waals surface area (Å²) in [5.74, 6) is 1.02. The van der Waals surface area contributed by atoms with Crippen molar-refractivity contribution in [3.63, 3.8) is 0 Å². The van der Waals surface area contributed by atoms with Gasteiger partial charge in [-0.15, -0.1) is 0 Å². The molecule has 1 N–H and O–H groups in total. The molecule has 0 aliphatic heterocycles. The lowest BCUT2D eigenvalue weighted by molar-refractivity contribution is 0.294. The molecule has 17 heavy (non-hydrogen) atoms. The molecule has 1 saturated carbocycles. The first kappa shape index (κ1) is 15.0. The van der Waals surface area contributed by atoms with Crippen LogP contribution >= 0.6 is 0 Å². The molecular formula is C16H33N. The van der Waals surface area contributed by atoms with E-state index < -0.39 is 0 Å². The minimum atomic E-state index is 0.791. The fourth-order valence-electron chi connectivity index (χ4n) is 3.20. The Morgan fingerprint density at radius 1 is 1.00 bits per heavy atom. The zero-order valence-electron chi connectivity index (χ0n) is 12.1. The molecule has 0 radical (unpaired) electrons. The summed E-state index contributed by atoms with van der Waals surface area (Å²) in [4.78, 5) is 0. The van der Waals surface area contributed by atoms with Crippen LogP contribution in [0.4, 0.5) is 0 Å². The van der Waals surface area contributed by atoms with Crippen molar-refractivity contribution >= 4 is 0 Å². The van der Waals surface area contributed by atoms with Gasteiger partial charge in [0.1, 0.15) is 0 Å². The number of rotatable bonds is 9. The van der Waals surface area contributed by atoms with Gasteiger partial charge in [-0.2, -0.15) is 0 Å². The summed E-state index contributed by atoms with van der Waals surface area (Å²) in [5, 5.41) is 3.54. The van der Waals surface area contributed by atoms with Gasteiger partial charge in [0.15, 0.2) is 0 Å². The molecule has 0 aromatic heterocycles. The molecule has 1 aliphatic carbocycles. The summed E-state index contributed by atoms with van der Waals surface area (Å²) >= 11 is 0. The third kappa shape index (κ3) is 7.08. The van der Waals surface area contributed by atoms with Crippen molar-refractivity contribution in [2.75, 3.05) is 7.05 Å². The van der Waals surface area contributed by atoms with Gasteiger partial charge in [-0.3, -0.25) is 0 Å². The van der Waals surface area contributed by atoms with Crippen LogP contribution in [0, 0.1) is 5.92 Å². The monoisotopic (exact) mass is 239 g/mol. The van der Waals surface area contributed by atoms with Gasteiger partial charge >= 0.3 is 0 Å². The first-order valence-electron chi connectivity index (χ1n) is 8.04. The van der Waals surface area contributed by atoms with Crippen LogP contribution < -0.4 is 5.32 Å². The smallest absolute Gasteiger partial charge is 0.00667 e. The van der Waals surface area contributed by atoms with E-state index in [0.717, 1.165) is 12.0 Å². The number of nitrogens with one attached hydrogen (secondary N) is 1. The lowest BCUT2D eigenvalue weighted by Crippen LogP contribution is -2.28. The van der Waals surface area contributed by atoms with E-state index in [-0.39, 0.29) is 0 Å². The van der Waals surface area contributed by atoms with Crippen molar-refractivity contribution in [2.45, 2.75) is 90.0 Å². The minimum Gasteiger partial charge on any atom is -0.317 e. The first-order valence-corrected chi connectivity index (χ1v) is 8.04. The van der Waals surface area contributed by atoms with Crippen LogP contribution in [0.2, 0.25) is 0 Å². The molecule has 0 amide bonds. The second-order valence-corrected chi connectivity index (χ2v) is 5.93. The summed E-state index contributed by atoms with van der Waals surface area (Å²) in [6.07, 6.45) is 17.4. The van der Waals surface area contributed by atoms with Crippen LogP contribution in [-0.4, -0.2) is 13.1 Å². The van der Waals surface area contributed by atoms with Crippen molar-refractivity contribution in [1.29, 1.82) is 0 Å². The second-order valence-electron chi connectivity index (χ2n) is 5.93. The minimum absolute atomic E-state index is 0.791. The van der Waals surface area contributed by atoms with Gasteiger partial charge in [0, 0.05) is 6.04 Å². The average Bonchev–Trinajstić information content (AvgIpc) is 2.38. The van der Waals surface area contributed by atoms with E-state index in [9.17, 15) is 0 Å². The summed E-state index contributed by atoms with van der Waals surface area (Å²) < 4.78 is 0. The lowest BCUT2D eigenvalue weighted by Gasteiger charge is -2.26. The Morgan fingerprint density at radius 3 is 2.35 bits per heavy atom. The Kier molecular flexibility index (Phi) is 8.78. The van der Waals surface area contributed by atoms with Crippen molar-refractivity contribution in [3.05, 3.63) is 0 Å². The molecule has 1 rings (SSSR count). The lowest BCUT2D eigenvalue weighted by atomic mass is 9.84. The van der Waals surface area contributed by atoms with Crippen LogP contribution in [0.1, 0.15) is 84.0 Å². The van der Waals surface area contributed by atoms with Gasteiger partial charge in [0.25, 0.3) is 0 Å². The highest BCUT2D eigenvalue weighted by Gasteiger charge is 2.17. The molecule has 1 atom stereocenters. The third-order valence-corrected chi connectivity index (χ3v) is 4.41. The molecule has 1 fully saturated rings. The van der Waals surface area contributed by atoms with Gasteiger partial charge in [-0.1, -0.05) is 71.1 Å². The van der Waals surface area contributed by atoms with Gasteiger partial charge in [0.2, 0.25) is 0 Å². The maximum absolute atomic E-state index is 3.54. The predicted molar refractivity (Wildman–Crippen MR) is 77.4 cm³/mol. The average molecular weight is 239 g/mol. The van der Waals surface area contributed by atoms with Gasteiger partial charge in [-0.05, 0) is 25.8 Å². The largest absolute Gasteiger partial charge is 0.317 e. The van der Waals surface area contributed by atoms with Crippen molar-refractivity contribution < 1.29 is 0 Å². The molecule has 0 aromatic carbocycles. The summed E-state index contributed by atoms with van der Waals surface area (Å²) in [6.45, 7) is 2.29. The molecule has 0 bridgehead atoms. The number of hydrogen-bond acceptors (Lipinski definition) is 1. The molecule has 102 valence electrons. The highest BCUT2D eigenvalue weighted by atomic mass is 14.9. The molecule has 1 heteroatoms. The molecule has 1 unspecified atom stereocenters. The maximum Gasteiger partial charge on any atom is 0.00667 e. The van der Waals surface area contributed by atoms with E-state index in [2.05, 4.69) is 19.3 Å². The third-order valence-electron chi connectivity index (χ3n) is 4.41. The number of hydrogen-bond donors (Lipinski definition) is 1. The molecule has 0 aromatic rings. The topological polar surface area (TPSA) is 12.0 Å². The Morgan fingerprint density at radius 2 is 1.71 bits per heavy atom. The SMILES string of the molecule is CCCCCCCC(CC1CCCCC1)NC. The zero-order chi connectivity index (χ0) is 12.3. The van der Waals surface area contributed by atoms with Gasteiger partial charge in [0.05, 0.1) is 0 Å². The fourth-order valence-corrected chi connectivity index (χ4v) is 3.20. The van der Waals surface area contributed by atoms with Crippen LogP contribution in [0.15, 0.2) is 0 Å². The Labute approximate surface area is 109 Å². The van der Waals surface area contributed by atoms with E-state index in [1.54, 1.807) is 0 Å². The Hall–Kier alpha value is -0.0400. The van der Waals surface area contributed by atoms with E-state index in [1.165, 1.54) is 77.0 Å². The van der Waals surface area contributed by atoms with Gasteiger partial charge in [-0.25, -0.2) is 0 Å². The highest BCUT2D eigenvalue weighted by molar-refractivity contribution is 4.73. The standard InChI is InChI=1S/C16H33N/c1-3-4-5-6-10-13-16(17-2)14-15-11-8-7-9-12-15/h15-17H,3-14H2,1-2H3. The zero-order valence-corrected chi connectivity index (χ0v) is 12.1. The molecule has 0 heterocycles. The molecular weight excluding hydrogens is 206 g/mol. The summed E-state index contributed by atoms with van der Waals surface area (Å²) in [7, 11) is 2.15. The normalized spacial score (nSPS) is 19.4. The van der Waals surface area contributed by atoms with Crippen LogP contribution in [0.5, 0.6) is 0 Å². The summed E-state index contributed by atoms with van der Waals surface area (Å²) in [6, 6.07) is 0.791. The predicted octanol–water partition coefficient (Wildman–Crippen LogP) is 4.91. The van der Waals surface area contributed by atoms with E-state index >= 15 is 0 Å². The Bertz CT molecular complexity index is 161. The maximum atomic E-state index is 3.54. The summed E-state index contributed by atoms with van der Waals surface area (Å²) in [5.41, 5.74) is 0. The van der Waals surface area contributed by atoms with E-state index in [4.69, 9.17) is 0 Å². The fraction of sp³-hybridized carbons (Fsp3) is 1.00. The van der Waals surface area contributed by atoms with Crippen LogP contribution in [-0.2, 0) is 0 Å². The molecule has 1 aliphatic rings. The quantitative estimate of drug-likeness (QED) is 0.564. The first-order chi connectivity index (χ1) is 8.36. The van der Waals surface area contributed by atoms with Crippen LogP contribution in [0.3, 0.4) is 0 Å². The van der Waals surface area contributed by atoms with Crippen LogP contribution in [0.25, 0.3) is 0 Å². The van der Waals surface area contributed by atoms with Crippen molar-refractivity contribution in [1.82, 2.24) is 5.32 Å². The van der Waals surface area contributed by atoms with E-state index in [1.807, 2.05) is 0 Å².